The summed E-state index contributed by atoms with van der Waals surface area (Å²) in [5, 5.41) is 3.24. The Bertz CT molecular complexity index is 1470. The molecule has 0 spiro atoms. The molecule has 0 atom stereocenters. The standard InChI is InChI=1S/C27H36N8O/c1-17(2)35-18(3)30-22-9-8-19(14-25(22)35)21-10-11-29-27(31-21)32-23-15-20(28)24(16-26(23)36-7)34(6)13-12-33(4)5/h8-11,14-17H,12-13,28H2,1-7H3,(H,29,31,32)/i3D3. The van der Waals surface area contributed by atoms with E-state index in [-0.39, 0.29) is 11.9 Å². The molecular weight excluding hydrogens is 452 g/mol. The van der Waals surface area contributed by atoms with Gasteiger partial charge >= 0.3 is 0 Å². The van der Waals surface area contributed by atoms with E-state index >= 15 is 0 Å². The predicted molar refractivity (Wildman–Crippen MR) is 148 cm³/mol. The first-order chi connectivity index (χ1) is 18.4. The van der Waals surface area contributed by atoms with Crippen molar-refractivity contribution in [3.05, 3.63) is 48.4 Å². The van der Waals surface area contributed by atoms with E-state index in [4.69, 9.17) is 19.6 Å². The molecule has 0 radical (unpaired) electrons. The molecule has 2 aromatic heterocycles. The molecule has 9 heteroatoms. The highest BCUT2D eigenvalue weighted by molar-refractivity contribution is 5.83. The van der Waals surface area contributed by atoms with Crippen LogP contribution in [0.15, 0.2) is 42.6 Å². The molecule has 0 aliphatic heterocycles. The number of aryl methyl sites for hydroxylation is 1. The molecule has 190 valence electrons. The van der Waals surface area contributed by atoms with E-state index in [1.54, 1.807) is 17.9 Å². The second-order valence-electron chi connectivity index (χ2n) is 9.33. The van der Waals surface area contributed by atoms with E-state index in [1.165, 1.54) is 0 Å². The lowest BCUT2D eigenvalue weighted by molar-refractivity contribution is 0.413. The summed E-state index contributed by atoms with van der Waals surface area (Å²) in [6.45, 7) is 3.28. The number of likely N-dealkylation sites (N-methyl/N-ethyl adjacent to an activating group) is 2. The maximum Gasteiger partial charge on any atom is 0.227 e. The Hall–Kier alpha value is -3.85. The average Bonchev–Trinajstić information content (AvgIpc) is 3.27. The van der Waals surface area contributed by atoms with Crippen LogP contribution in [0.25, 0.3) is 22.3 Å². The lowest BCUT2D eigenvalue weighted by Gasteiger charge is -2.24. The molecular formula is C27H36N8O. The zero-order chi connectivity index (χ0) is 28.5. The Kier molecular flexibility index (Phi) is 6.20. The first-order valence-electron chi connectivity index (χ1n) is 13.3. The van der Waals surface area contributed by atoms with E-state index in [0.29, 0.717) is 34.3 Å². The van der Waals surface area contributed by atoms with Crippen LogP contribution in [0.4, 0.5) is 23.0 Å². The van der Waals surface area contributed by atoms with Gasteiger partial charge in [-0.05, 0) is 59.1 Å². The normalized spacial score (nSPS) is 13.1. The van der Waals surface area contributed by atoms with Crippen LogP contribution in [0.2, 0.25) is 0 Å². The van der Waals surface area contributed by atoms with Gasteiger partial charge in [0.1, 0.15) is 11.6 Å². The van der Waals surface area contributed by atoms with Gasteiger partial charge < -0.3 is 30.2 Å². The van der Waals surface area contributed by atoms with Crippen molar-refractivity contribution in [2.75, 3.05) is 57.3 Å². The van der Waals surface area contributed by atoms with Crippen molar-refractivity contribution in [2.45, 2.75) is 26.7 Å². The molecule has 4 aromatic rings. The van der Waals surface area contributed by atoms with Gasteiger partial charge in [-0.25, -0.2) is 15.0 Å². The van der Waals surface area contributed by atoms with Gasteiger partial charge in [0.05, 0.1) is 40.9 Å². The molecule has 0 aliphatic rings. The topological polar surface area (TPSA) is 97.4 Å². The third kappa shape index (κ3) is 5.21. The maximum atomic E-state index is 7.91. The van der Waals surface area contributed by atoms with E-state index in [1.807, 2.05) is 71.4 Å². The van der Waals surface area contributed by atoms with E-state index < -0.39 is 6.85 Å². The van der Waals surface area contributed by atoms with Gasteiger partial charge in [0.2, 0.25) is 5.95 Å². The van der Waals surface area contributed by atoms with Crippen molar-refractivity contribution >= 4 is 34.0 Å². The minimum atomic E-state index is -2.31. The number of methoxy groups -OCH3 is 1. The smallest absolute Gasteiger partial charge is 0.227 e. The minimum absolute atomic E-state index is 0.0777. The number of aromatic nitrogens is 4. The first kappa shape index (κ1) is 21.4. The summed E-state index contributed by atoms with van der Waals surface area (Å²) in [5.41, 5.74) is 11.4. The number of hydrogen-bond acceptors (Lipinski definition) is 8. The molecule has 0 fully saturated rings. The summed E-state index contributed by atoms with van der Waals surface area (Å²) in [6, 6.07) is 11.1. The predicted octanol–water partition coefficient (Wildman–Crippen LogP) is 4.71. The van der Waals surface area contributed by atoms with Gasteiger partial charge in [0, 0.05) is 48.1 Å². The molecule has 0 aliphatic carbocycles. The van der Waals surface area contributed by atoms with E-state index in [2.05, 4.69) is 25.1 Å². The number of nitrogen functional groups attached to an aromatic ring is 1. The third-order valence-corrected chi connectivity index (χ3v) is 6.05. The number of imidazole rings is 1. The number of rotatable bonds is 9. The lowest BCUT2D eigenvalue weighted by atomic mass is 10.1. The van der Waals surface area contributed by atoms with Crippen molar-refractivity contribution in [3.63, 3.8) is 0 Å². The number of nitrogens with one attached hydrogen (secondary N) is 1. The van der Waals surface area contributed by atoms with Crippen LogP contribution in [0.3, 0.4) is 0 Å². The second-order valence-corrected chi connectivity index (χ2v) is 9.33. The first-order valence-corrected chi connectivity index (χ1v) is 11.8. The van der Waals surface area contributed by atoms with Gasteiger partial charge in [-0.3, -0.25) is 0 Å². The zero-order valence-corrected chi connectivity index (χ0v) is 21.7. The highest BCUT2D eigenvalue weighted by Crippen LogP contribution is 2.36. The van der Waals surface area contributed by atoms with Crippen LogP contribution in [0, 0.1) is 6.85 Å². The highest BCUT2D eigenvalue weighted by Gasteiger charge is 2.15. The van der Waals surface area contributed by atoms with Crippen molar-refractivity contribution in [3.8, 4) is 17.0 Å². The van der Waals surface area contributed by atoms with E-state index in [0.717, 1.165) is 29.9 Å². The summed E-state index contributed by atoms with van der Waals surface area (Å²) in [4.78, 5) is 17.7. The Morgan fingerprint density at radius 2 is 1.92 bits per heavy atom. The molecule has 0 saturated heterocycles. The zero-order valence-electron chi connectivity index (χ0n) is 24.7. The summed E-state index contributed by atoms with van der Waals surface area (Å²) < 4.78 is 31.1. The van der Waals surface area contributed by atoms with Crippen LogP contribution >= 0.6 is 0 Å². The lowest BCUT2D eigenvalue weighted by Crippen LogP contribution is -2.29. The molecule has 0 amide bonds. The number of ether oxygens (including phenoxy) is 1. The SMILES string of the molecule is [2H]C([2H])([2H])c1nc2ccc(-c3ccnc(Nc4cc(N)c(N(C)CCN(C)C)cc4OC)n3)cc2n1C(C)C. The van der Waals surface area contributed by atoms with Crippen LogP contribution in [-0.4, -0.2) is 65.8 Å². The molecule has 3 N–H and O–H groups in total. The molecule has 2 aromatic carbocycles. The minimum Gasteiger partial charge on any atom is -0.494 e. The number of hydrogen-bond donors (Lipinski definition) is 2. The van der Waals surface area contributed by atoms with Crippen molar-refractivity contribution < 1.29 is 8.85 Å². The Labute approximate surface area is 217 Å². The van der Waals surface area contributed by atoms with Gasteiger partial charge in [-0.1, -0.05) is 6.07 Å². The van der Waals surface area contributed by atoms with Crippen LogP contribution in [0.5, 0.6) is 5.75 Å². The third-order valence-electron chi connectivity index (χ3n) is 6.05. The fourth-order valence-electron chi connectivity index (χ4n) is 4.13. The molecule has 2 heterocycles. The number of benzene rings is 2. The molecule has 0 bridgehead atoms. The van der Waals surface area contributed by atoms with E-state index in [9.17, 15) is 0 Å². The largest absolute Gasteiger partial charge is 0.494 e. The Morgan fingerprint density at radius 1 is 1.11 bits per heavy atom. The summed E-state index contributed by atoms with van der Waals surface area (Å²) >= 11 is 0. The van der Waals surface area contributed by atoms with Crippen molar-refractivity contribution in [2.24, 2.45) is 0 Å². The Morgan fingerprint density at radius 3 is 2.61 bits per heavy atom. The van der Waals surface area contributed by atoms with Crippen molar-refractivity contribution in [1.29, 1.82) is 0 Å². The Balaban J connectivity index is 1.66. The van der Waals surface area contributed by atoms with Crippen LogP contribution in [-0.2, 0) is 0 Å². The summed E-state index contributed by atoms with van der Waals surface area (Å²) in [6.07, 6.45) is 1.67. The van der Waals surface area contributed by atoms with Crippen LogP contribution < -0.4 is 20.7 Å². The number of fused-ring (bicyclic) bond motifs is 1. The van der Waals surface area contributed by atoms with Gasteiger partial charge in [-0.2, -0.15) is 0 Å². The fraction of sp³-hybridized carbons (Fsp3) is 0.370. The molecule has 4 rings (SSSR count). The second kappa shape index (κ2) is 10.4. The number of nitrogens with two attached hydrogens (primary N) is 1. The van der Waals surface area contributed by atoms with Gasteiger partial charge in [0.25, 0.3) is 0 Å². The molecule has 0 saturated carbocycles. The number of nitrogens with zero attached hydrogens (tertiary/aromatic N) is 6. The van der Waals surface area contributed by atoms with Crippen LogP contribution in [0.1, 0.15) is 29.8 Å². The maximum absolute atomic E-state index is 7.91. The number of anilines is 4. The van der Waals surface area contributed by atoms with Crippen molar-refractivity contribution in [1.82, 2.24) is 24.4 Å². The summed E-state index contributed by atoms with van der Waals surface area (Å²) in [7, 11) is 7.67. The molecule has 0 unspecified atom stereocenters. The highest BCUT2D eigenvalue weighted by atomic mass is 16.5. The molecule has 9 nitrogen and oxygen atoms in total. The average molecular weight is 492 g/mol. The quantitative estimate of drug-likeness (QED) is 0.325. The monoisotopic (exact) mass is 491 g/mol. The fourth-order valence-corrected chi connectivity index (χ4v) is 4.13. The summed E-state index contributed by atoms with van der Waals surface area (Å²) in [5.74, 6) is 1.07. The molecule has 36 heavy (non-hydrogen) atoms. The van der Waals surface area contributed by atoms with Gasteiger partial charge in [-0.15, -0.1) is 0 Å². The van der Waals surface area contributed by atoms with Gasteiger partial charge in [0.15, 0.2) is 0 Å².